The quantitative estimate of drug-likeness (QED) is 0.867. The van der Waals surface area contributed by atoms with E-state index >= 15 is 0 Å². The molecule has 2 unspecified atom stereocenters. The first-order chi connectivity index (χ1) is 10.2. The molecule has 0 bridgehead atoms. The number of anilines is 1. The SMILES string of the molecule is CC1CCNCC1NC(=O)c1ccc(N2CCCC2)nc1.Cl.Cl. The number of halogens is 2. The van der Waals surface area contributed by atoms with Gasteiger partial charge in [-0.1, -0.05) is 6.92 Å². The third-order valence-corrected chi connectivity index (χ3v) is 4.58. The molecule has 7 heteroatoms. The minimum absolute atomic E-state index is 0. The van der Waals surface area contributed by atoms with Crippen molar-refractivity contribution in [3.8, 4) is 0 Å². The van der Waals surface area contributed by atoms with Crippen molar-refractivity contribution in [1.29, 1.82) is 0 Å². The van der Waals surface area contributed by atoms with E-state index < -0.39 is 0 Å². The predicted octanol–water partition coefficient (Wildman–Crippen LogP) is 2.25. The minimum atomic E-state index is -0.0176. The molecule has 1 amide bonds. The zero-order valence-electron chi connectivity index (χ0n) is 13.5. The number of hydrogen-bond acceptors (Lipinski definition) is 4. The van der Waals surface area contributed by atoms with Gasteiger partial charge in [-0.2, -0.15) is 0 Å². The molecule has 0 spiro atoms. The van der Waals surface area contributed by atoms with E-state index in [1.165, 1.54) is 12.8 Å². The van der Waals surface area contributed by atoms with Gasteiger partial charge in [0.2, 0.25) is 0 Å². The van der Waals surface area contributed by atoms with Gasteiger partial charge in [0.05, 0.1) is 5.56 Å². The van der Waals surface area contributed by atoms with Crippen molar-refractivity contribution in [2.45, 2.75) is 32.2 Å². The molecule has 0 radical (unpaired) electrons. The number of rotatable bonds is 3. The first-order valence-electron chi connectivity index (χ1n) is 7.96. The van der Waals surface area contributed by atoms with Gasteiger partial charge in [0.15, 0.2) is 0 Å². The van der Waals surface area contributed by atoms with Crippen LogP contribution in [0.3, 0.4) is 0 Å². The second-order valence-corrected chi connectivity index (χ2v) is 6.15. The number of hydrogen-bond donors (Lipinski definition) is 2. The average Bonchev–Trinajstić information content (AvgIpc) is 3.04. The summed E-state index contributed by atoms with van der Waals surface area (Å²) in [4.78, 5) is 19.0. The van der Waals surface area contributed by atoms with Crippen LogP contribution in [0, 0.1) is 5.92 Å². The lowest BCUT2D eigenvalue weighted by molar-refractivity contribution is 0.0915. The van der Waals surface area contributed by atoms with Gasteiger partial charge in [0.25, 0.3) is 5.91 Å². The second kappa shape index (κ2) is 9.30. The number of nitrogens with zero attached hydrogens (tertiary/aromatic N) is 2. The predicted molar refractivity (Wildman–Crippen MR) is 98.1 cm³/mol. The van der Waals surface area contributed by atoms with Crippen LogP contribution in [0.1, 0.15) is 36.5 Å². The molecular weight excluding hydrogens is 335 g/mol. The van der Waals surface area contributed by atoms with Crippen LogP contribution < -0.4 is 15.5 Å². The Labute approximate surface area is 150 Å². The van der Waals surface area contributed by atoms with Crippen LogP contribution in [0.5, 0.6) is 0 Å². The topological polar surface area (TPSA) is 57.3 Å². The van der Waals surface area contributed by atoms with Gasteiger partial charge < -0.3 is 15.5 Å². The van der Waals surface area contributed by atoms with E-state index in [0.717, 1.165) is 38.4 Å². The number of piperidine rings is 1. The van der Waals surface area contributed by atoms with Crippen LogP contribution in [0.25, 0.3) is 0 Å². The highest BCUT2D eigenvalue weighted by Gasteiger charge is 2.23. The summed E-state index contributed by atoms with van der Waals surface area (Å²) in [6, 6.07) is 4.06. The fraction of sp³-hybridized carbons (Fsp3) is 0.625. The van der Waals surface area contributed by atoms with Crippen molar-refractivity contribution in [3.63, 3.8) is 0 Å². The Morgan fingerprint density at radius 3 is 2.65 bits per heavy atom. The van der Waals surface area contributed by atoms with Crippen molar-refractivity contribution in [1.82, 2.24) is 15.6 Å². The molecule has 2 N–H and O–H groups in total. The number of amides is 1. The maximum atomic E-state index is 12.3. The molecule has 3 heterocycles. The van der Waals surface area contributed by atoms with Crippen LogP contribution in [0.4, 0.5) is 5.82 Å². The van der Waals surface area contributed by atoms with Gasteiger partial charge in [-0.05, 0) is 43.9 Å². The van der Waals surface area contributed by atoms with Crippen molar-refractivity contribution < 1.29 is 4.79 Å². The minimum Gasteiger partial charge on any atom is -0.357 e. The Hall–Kier alpha value is -1.04. The summed E-state index contributed by atoms with van der Waals surface area (Å²) >= 11 is 0. The molecule has 5 nitrogen and oxygen atoms in total. The molecule has 1 aromatic heterocycles. The van der Waals surface area contributed by atoms with Gasteiger partial charge in [0.1, 0.15) is 5.82 Å². The summed E-state index contributed by atoms with van der Waals surface area (Å²) in [5, 5.41) is 6.45. The zero-order chi connectivity index (χ0) is 14.7. The fourth-order valence-corrected chi connectivity index (χ4v) is 3.09. The maximum absolute atomic E-state index is 12.3. The number of aromatic nitrogens is 1. The normalized spacial score (nSPS) is 23.6. The van der Waals surface area contributed by atoms with E-state index in [2.05, 4.69) is 27.4 Å². The molecule has 2 aliphatic rings. The standard InChI is InChI=1S/C16H24N4O.2ClH/c1-12-6-7-17-11-14(12)19-16(21)13-4-5-15(18-10-13)20-8-2-3-9-20;;/h4-5,10,12,14,17H,2-3,6-9,11H2,1H3,(H,19,21);2*1H. The number of carbonyl (C=O) groups excluding carboxylic acids is 1. The summed E-state index contributed by atoms with van der Waals surface area (Å²) in [6.07, 6.45) is 5.27. The van der Waals surface area contributed by atoms with Gasteiger partial charge in [0, 0.05) is 31.9 Å². The number of pyridine rings is 1. The van der Waals surface area contributed by atoms with Gasteiger partial charge >= 0.3 is 0 Å². The smallest absolute Gasteiger partial charge is 0.253 e. The summed E-state index contributed by atoms with van der Waals surface area (Å²) in [7, 11) is 0. The summed E-state index contributed by atoms with van der Waals surface area (Å²) in [5.41, 5.74) is 0.649. The largest absolute Gasteiger partial charge is 0.357 e. The van der Waals surface area contributed by atoms with E-state index in [9.17, 15) is 4.79 Å². The van der Waals surface area contributed by atoms with Crippen LogP contribution >= 0.6 is 24.8 Å². The van der Waals surface area contributed by atoms with Crippen molar-refractivity contribution in [2.75, 3.05) is 31.1 Å². The fourth-order valence-electron chi connectivity index (χ4n) is 3.09. The lowest BCUT2D eigenvalue weighted by Crippen LogP contribution is -2.50. The molecule has 0 saturated carbocycles. The second-order valence-electron chi connectivity index (χ2n) is 6.15. The average molecular weight is 361 g/mol. The molecule has 130 valence electrons. The van der Waals surface area contributed by atoms with E-state index in [1.807, 2.05) is 12.1 Å². The van der Waals surface area contributed by atoms with Crippen LogP contribution in [-0.4, -0.2) is 43.1 Å². The van der Waals surface area contributed by atoms with Crippen molar-refractivity contribution in [2.24, 2.45) is 5.92 Å². The first kappa shape index (κ1) is 20.0. The van der Waals surface area contributed by atoms with Crippen molar-refractivity contribution in [3.05, 3.63) is 23.9 Å². The molecule has 23 heavy (non-hydrogen) atoms. The lowest BCUT2D eigenvalue weighted by atomic mass is 9.94. The van der Waals surface area contributed by atoms with Crippen molar-refractivity contribution >= 4 is 36.5 Å². The first-order valence-corrected chi connectivity index (χ1v) is 7.96. The summed E-state index contributed by atoms with van der Waals surface area (Å²) in [6.45, 7) is 6.24. The van der Waals surface area contributed by atoms with Gasteiger partial charge in [-0.3, -0.25) is 4.79 Å². The lowest BCUT2D eigenvalue weighted by Gasteiger charge is -2.30. The Bertz CT molecular complexity index is 491. The van der Waals surface area contributed by atoms with Gasteiger partial charge in [-0.15, -0.1) is 24.8 Å². The molecule has 0 aromatic carbocycles. The molecule has 2 fully saturated rings. The molecular formula is C16H26Cl2N4O. The highest BCUT2D eigenvalue weighted by atomic mass is 35.5. The number of carbonyl (C=O) groups is 1. The molecule has 0 aliphatic carbocycles. The van der Waals surface area contributed by atoms with Gasteiger partial charge in [-0.25, -0.2) is 4.98 Å². The van der Waals surface area contributed by atoms with E-state index in [0.29, 0.717) is 11.5 Å². The maximum Gasteiger partial charge on any atom is 0.253 e. The highest BCUT2D eigenvalue weighted by Crippen LogP contribution is 2.18. The third-order valence-electron chi connectivity index (χ3n) is 4.58. The monoisotopic (exact) mass is 360 g/mol. The molecule has 2 aliphatic heterocycles. The van der Waals surface area contributed by atoms with E-state index in [1.54, 1.807) is 6.20 Å². The zero-order valence-corrected chi connectivity index (χ0v) is 15.1. The Balaban J connectivity index is 0.00000132. The van der Waals surface area contributed by atoms with E-state index in [4.69, 9.17) is 0 Å². The summed E-state index contributed by atoms with van der Waals surface area (Å²) < 4.78 is 0. The van der Waals surface area contributed by atoms with E-state index in [-0.39, 0.29) is 36.8 Å². The highest BCUT2D eigenvalue weighted by molar-refractivity contribution is 5.94. The Morgan fingerprint density at radius 2 is 2.04 bits per heavy atom. The van der Waals surface area contributed by atoms with Crippen LogP contribution in [0.15, 0.2) is 18.3 Å². The van der Waals surface area contributed by atoms with Crippen LogP contribution in [0.2, 0.25) is 0 Å². The summed E-state index contributed by atoms with van der Waals surface area (Å²) in [5.74, 6) is 1.49. The molecule has 3 rings (SSSR count). The molecule has 2 atom stereocenters. The third kappa shape index (κ3) is 4.96. The van der Waals surface area contributed by atoms with Crippen LogP contribution in [-0.2, 0) is 0 Å². The molecule has 2 saturated heterocycles. The molecule has 1 aromatic rings. The Morgan fingerprint density at radius 1 is 1.30 bits per heavy atom. The number of nitrogens with one attached hydrogen (secondary N) is 2. The Kier molecular flexibility index (Phi) is 8.09.